The van der Waals surface area contributed by atoms with E-state index in [-0.39, 0.29) is 18.4 Å². The van der Waals surface area contributed by atoms with Gasteiger partial charge in [0, 0.05) is 12.6 Å². The van der Waals surface area contributed by atoms with Gasteiger partial charge in [-0.05, 0) is 31.0 Å². The third kappa shape index (κ3) is 3.37. The first-order chi connectivity index (χ1) is 9.92. The van der Waals surface area contributed by atoms with Crippen molar-refractivity contribution in [1.82, 2.24) is 10.2 Å². The fourth-order valence-electron chi connectivity index (χ4n) is 2.48. The lowest BCUT2D eigenvalue weighted by Gasteiger charge is -2.37. The van der Waals surface area contributed by atoms with Crippen LogP contribution in [0.2, 0.25) is 0 Å². The molecule has 2 amide bonds. The molecular formula is C15H18F2N2O2. The average Bonchev–Trinajstić information content (AvgIpc) is 2.40. The van der Waals surface area contributed by atoms with Crippen LogP contribution in [0.3, 0.4) is 0 Å². The molecular weight excluding hydrogens is 278 g/mol. The number of nitrogens with zero attached hydrogens (tertiary/aromatic N) is 1. The number of halogens is 2. The Bertz CT molecular complexity index is 542. The van der Waals surface area contributed by atoms with E-state index in [2.05, 4.69) is 5.32 Å². The molecule has 1 aromatic carbocycles. The van der Waals surface area contributed by atoms with Crippen LogP contribution in [0.25, 0.3) is 0 Å². The third-order valence-corrected chi connectivity index (χ3v) is 3.60. The SMILES string of the molecule is CCCC1NC(=O)C(C)N(Cc2cc(F)cc(F)c2)C1=O. The molecule has 1 aliphatic rings. The number of hydrogen-bond donors (Lipinski definition) is 1. The normalized spacial score (nSPS) is 22.4. The molecule has 1 aliphatic heterocycles. The van der Waals surface area contributed by atoms with Gasteiger partial charge in [-0.2, -0.15) is 0 Å². The minimum absolute atomic E-state index is 0.0162. The Hall–Kier alpha value is -1.98. The van der Waals surface area contributed by atoms with Gasteiger partial charge in [-0.1, -0.05) is 13.3 Å². The molecule has 0 aromatic heterocycles. The lowest BCUT2D eigenvalue weighted by Crippen LogP contribution is -2.61. The Morgan fingerprint density at radius 2 is 1.81 bits per heavy atom. The molecule has 0 bridgehead atoms. The second-order valence-electron chi connectivity index (χ2n) is 5.27. The summed E-state index contributed by atoms with van der Waals surface area (Å²) >= 11 is 0. The molecule has 2 atom stereocenters. The fourth-order valence-corrected chi connectivity index (χ4v) is 2.48. The molecule has 4 nitrogen and oxygen atoms in total. The quantitative estimate of drug-likeness (QED) is 0.923. The van der Waals surface area contributed by atoms with Gasteiger partial charge in [0.15, 0.2) is 0 Å². The summed E-state index contributed by atoms with van der Waals surface area (Å²) < 4.78 is 26.5. The first kappa shape index (κ1) is 15.4. The molecule has 2 rings (SSSR count). The summed E-state index contributed by atoms with van der Waals surface area (Å²) in [5, 5.41) is 2.68. The summed E-state index contributed by atoms with van der Waals surface area (Å²) in [6.45, 7) is 3.54. The van der Waals surface area contributed by atoms with Crippen molar-refractivity contribution < 1.29 is 18.4 Å². The maximum absolute atomic E-state index is 13.2. The Kier molecular flexibility index (Phi) is 4.55. The van der Waals surface area contributed by atoms with Crippen molar-refractivity contribution in [2.24, 2.45) is 0 Å². The first-order valence-corrected chi connectivity index (χ1v) is 6.98. The summed E-state index contributed by atoms with van der Waals surface area (Å²) in [5.74, 6) is -1.85. The van der Waals surface area contributed by atoms with E-state index in [0.717, 1.165) is 12.5 Å². The molecule has 6 heteroatoms. The minimum Gasteiger partial charge on any atom is -0.343 e. The highest BCUT2D eigenvalue weighted by Gasteiger charge is 2.37. The van der Waals surface area contributed by atoms with E-state index in [4.69, 9.17) is 0 Å². The van der Waals surface area contributed by atoms with Crippen molar-refractivity contribution in [3.8, 4) is 0 Å². The van der Waals surface area contributed by atoms with Gasteiger partial charge in [-0.15, -0.1) is 0 Å². The predicted octanol–water partition coefficient (Wildman–Crippen LogP) is 1.98. The van der Waals surface area contributed by atoms with Crippen LogP contribution in [0.5, 0.6) is 0 Å². The number of piperazine rings is 1. The number of nitrogens with one attached hydrogen (secondary N) is 1. The van der Waals surface area contributed by atoms with Crippen molar-refractivity contribution in [2.45, 2.75) is 45.3 Å². The van der Waals surface area contributed by atoms with Crippen LogP contribution in [0.1, 0.15) is 32.3 Å². The van der Waals surface area contributed by atoms with E-state index in [1.54, 1.807) is 6.92 Å². The van der Waals surface area contributed by atoms with Gasteiger partial charge in [0.05, 0.1) is 0 Å². The largest absolute Gasteiger partial charge is 0.343 e. The van der Waals surface area contributed by atoms with Crippen LogP contribution >= 0.6 is 0 Å². The van der Waals surface area contributed by atoms with Gasteiger partial charge >= 0.3 is 0 Å². The van der Waals surface area contributed by atoms with E-state index < -0.39 is 23.7 Å². The average molecular weight is 296 g/mol. The van der Waals surface area contributed by atoms with Gasteiger partial charge in [0.1, 0.15) is 23.7 Å². The van der Waals surface area contributed by atoms with Crippen LogP contribution in [0, 0.1) is 11.6 Å². The van der Waals surface area contributed by atoms with E-state index in [1.165, 1.54) is 17.0 Å². The first-order valence-electron chi connectivity index (χ1n) is 6.98. The summed E-state index contributed by atoms with van der Waals surface area (Å²) in [4.78, 5) is 25.6. The van der Waals surface area contributed by atoms with Gasteiger partial charge in [-0.3, -0.25) is 9.59 Å². The molecule has 0 saturated carbocycles. The highest BCUT2D eigenvalue weighted by atomic mass is 19.1. The number of benzene rings is 1. The molecule has 0 spiro atoms. The van der Waals surface area contributed by atoms with Crippen molar-refractivity contribution in [3.05, 3.63) is 35.4 Å². The molecule has 0 radical (unpaired) electrons. The molecule has 1 saturated heterocycles. The zero-order valence-corrected chi connectivity index (χ0v) is 12.0. The molecule has 0 aliphatic carbocycles. The molecule has 1 fully saturated rings. The Morgan fingerprint density at radius 3 is 2.38 bits per heavy atom. The Labute approximate surface area is 122 Å². The molecule has 114 valence electrons. The van der Waals surface area contributed by atoms with Crippen molar-refractivity contribution in [3.63, 3.8) is 0 Å². The lowest BCUT2D eigenvalue weighted by molar-refractivity contribution is -0.149. The molecule has 1 N–H and O–H groups in total. The predicted molar refractivity (Wildman–Crippen MR) is 73.2 cm³/mol. The number of rotatable bonds is 4. The smallest absolute Gasteiger partial charge is 0.246 e. The van der Waals surface area contributed by atoms with Crippen LogP contribution in [-0.2, 0) is 16.1 Å². The van der Waals surface area contributed by atoms with Crippen LogP contribution in [0.15, 0.2) is 18.2 Å². The highest BCUT2D eigenvalue weighted by Crippen LogP contribution is 2.18. The van der Waals surface area contributed by atoms with Gasteiger partial charge < -0.3 is 10.2 Å². The van der Waals surface area contributed by atoms with Crippen LogP contribution in [0.4, 0.5) is 8.78 Å². The second kappa shape index (κ2) is 6.20. The monoisotopic (exact) mass is 296 g/mol. The molecule has 2 unspecified atom stereocenters. The second-order valence-corrected chi connectivity index (χ2v) is 5.27. The summed E-state index contributed by atoms with van der Waals surface area (Å²) in [6, 6.07) is 1.90. The molecule has 21 heavy (non-hydrogen) atoms. The lowest BCUT2D eigenvalue weighted by atomic mass is 10.0. The van der Waals surface area contributed by atoms with Crippen LogP contribution in [-0.4, -0.2) is 28.8 Å². The number of amides is 2. The van der Waals surface area contributed by atoms with E-state index in [9.17, 15) is 18.4 Å². The van der Waals surface area contributed by atoms with E-state index >= 15 is 0 Å². The standard InChI is InChI=1S/C15H18F2N2O2/c1-3-4-13-15(21)19(9(2)14(20)18-13)8-10-5-11(16)7-12(17)6-10/h5-7,9,13H,3-4,8H2,1-2H3,(H,18,20). The van der Waals surface area contributed by atoms with Crippen molar-refractivity contribution in [2.75, 3.05) is 0 Å². The Morgan fingerprint density at radius 1 is 1.19 bits per heavy atom. The summed E-state index contributed by atoms with van der Waals surface area (Å²) in [7, 11) is 0. The van der Waals surface area contributed by atoms with E-state index in [0.29, 0.717) is 12.0 Å². The van der Waals surface area contributed by atoms with Gasteiger partial charge in [-0.25, -0.2) is 8.78 Å². The summed E-state index contributed by atoms with van der Waals surface area (Å²) in [6.07, 6.45) is 1.30. The summed E-state index contributed by atoms with van der Waals surface area (Å²) in [5.41, 5.74) is 0.331. The number of carbonyl (C=O) groups is 2. The van der Waals surface area contributed by atoms with E-state index in [1.807, 2.05) is 6.92 Å². The maximum atomic E-state index is 13.2. The zero-order chi connectivity index (χ0) is 15.6. The fraction of sp³-hybridized carbons (Fsp3) is 0.467. The number of hydrogen-bond acceptors (Lipinski definition) is 2. The van der Waals surface area contributed by atoms with Crippen molar-refractivity contribution >= 4 is 11.8 Å². The highest BCUT2D eigenvalue weighted by molar-refractivity contribution is 5.96. The minimum atomic E-state index is -0.698. The van der Waals surface area contributed by atoms with Crippen LogP contribution < -0.4 is 5.32 Å². The number of carbonyl (C=O) groups excluding carboxylic acids is 2. The molecule has 1 aromatic rings. The third-order valence-electron chi connectivity index (χ3n) is 3.60. The van der Waals surface area contributed by atoms with Crippen molar-refractivity contribution in [1.29, 1.82) is 0 Å². The zero-order valence-electron chi connectivity index (χ0n) is 12.0. The topological polar surface area (TPSA) is 49.4 Å². The van der Waals surface area contributed by atoms with Gasteiger partial charge in [0.2, 0.25) is 11.8 Å². The molecule has 1 heterocycles. The maximum Gasteiger partial charge on any atom is 0.246 e. The Balaban J connectivity index is 2.22. The van der Waals surface area contributed by atoms with Gasteiger partial charge in [0.25, 0.3) is 0 Å².